The molecule has 1 unspecified atom stereocenters. The van der Waals surface area contributed by atoms with Crippen LogP contribution in [0.3, 0.4) is 0 Å². The van der Waals surface area contributed by atoms with Crippen LogP contribution in [0, 0.1) is 6.92 Å². The van der Waals surface area contributed by atoms with Crippen molar-refractivity contribution in [3.8, 4) is 0 Å². The fourth-order valence-electron chi connectivity index (χ4n) is 2.80. The van der Waals surface area contributed by atoms with Gasteiger partial charge in [-0.25, -0.2) is 9.78 Å². The first-order chi connectivity index (χ1) is 12.4. The molecule has 0 saturated heterocycles. The van der Waals surface area contributed by atoms with Crippen molar-refractivity contribution in [1.29, 1.82) is 0 Å². The van der Waals surface area contributed by atoms with Crippen molar-refractivity contribution in [3.63, 3.8) is 0 Å². The number of nitrogens with zero attached hydrogens (tertiary/aromatic N) is 2. The molecular weight excluding hydrogens is 358 g/mol. The molecule has 0 bridgehead atoms. The maximum Gasteiger partial charge on any atom is 0.348 e. The highest BCUT2D eigenvalue weighted by Gasteiger charge is 2.20. The van der Waals surface area contributed by atoms with Crippen LogP contribution in [0.25, 0.3) is 10.2 Å². The highest BCUT2D eigenvalue weighted by molar-refractivity contribution is 7.20. The Bertz CT molecular complexity index is 815. The molecule has 0 amide bonds. The van der Waals surface area contributed by atoms with Gasteiger partial charge in [-0.05, 0) is 25.8 Å². The van der Waals surface area contributed by atoms with Crippen molar-refractivity contribution in [1.82, 2.24) is 14.9 Å². The number of carbonyl (C=O) groups excluding carboxylic acids is 1. The van der Waals surface area contributed by atoms with Gasteiger partial charge in [-0.1, -0.05) is 0 Å². The Kier molecular flexibility index (Phi) is 7.27. The molecule has 0 aromatic carbocycles. The maximum absolute atomic E-state index is 12.5. The van der Waals surface area contributed by atoms with Crippen LogP contribution in [0.4, 0.5) is 0 Å². The first kappa shape index (κ1) is 20.5. The zero-order chi connectivity index (χ0) is 19.3. The molecule has 144 valence electrons. The third-order valence-corrected chi connectivity index (χ3v) is 5.10. The topological polar surface area (TPSA) is 105 Å². The number of aliphatic hydroxyl groups excluding tert-OH is 1. The Morgan fingerprint density at radius 1 is 1.42 bits per heavy atom. The molecule has 0 aliphatic heterocycles. The number of hydrogen-bond acceptors (Lipinski definition) is 8. The zero-order valence-electron chi connectivity index (χ0n) is 15.5. The average Bonchev–Trinajstić information content (AvgIpc) is 2.91. The standard InChI is InChI=1S/C17H25N3O5S/c1-10(21)8-20(6-5-7-24-3)9-12-18-15(22)13-11(2)14(17(23)25-4)26-16(13)19-12/h10,21H,5-9H2,1-4H3,(H,18,19,22). The Labute approximate surface area is 155 Å². The van der Waals surface area contributed by atoms with E-state index in [9.17, 15) is 14.7 Å². The smallest absolute Gasteiger partial charge is 0.348 e. The van der Waals surface area contributed by atoms with Crippen LogP contribution < -0.4 is 5.56 Å². The summed E-state index contributed by atoms with van der Waals surface area (Å²) in [6.45, 7) is 5.61. The van der Waals surface area contributed by atoms with Crippen LogP contribution in [0.1, 0.15) is 34.4 Å². The Balaban J connectivity index is 2.30. The summed E-state index contributed by atoms with van der Waals surface area (Å²) in [5.74, 6) is 0.0278. The zero-order valence-corrected chi connectivity index (χ0v) is 16.3. The lowest BCUT2D eigenvalue weighted by atomic mass is 10.2. The van der Waals surface area contributed by atoms with Crippen LogP contribution in [-0.2, 0) is 16.0 Å². The van der Waals surface area contributed by atoms with E-state index in [4.69, 9.17) is 9.47 Å². The summed E-state index contributed by atoms with van der Waals surface area (Å²) in [5, 5.41) is 10.1. The predicted molar refractivity (Wildman–Crippen MR) is 99.8 cm³/mol. The van der Waals surface area contributed by atoms with Crippen LogP contribution in [-0.4, -0.2) is 66.0 Å². The van der Waals surface area contributed by atoms with Gasteiger partial charge in [0.25, 0.3) is 5.56 Å². The summed E-state index contributed by atoms with van der Waals surface area (Å²) in [6.07, 6.45) is 0.309. The van der Waals surface area contributed by atoms with E-state index in [2.05, 4.69) is 9.97 Å². The molecular formula is C17H25N3O5S. The van der Waals surface area contributed by atoms with Gasteiger partial charge in [0.1, 0.15) is 15.5 Å². The molecule has 0 saturated carbocycles. The number of ether oxygens (including phenoxy) is 2. The van der Waals surface area contributed by atoms with Crippen molar-refractivity contribution in [2.45, 2.75) is 32.9 Å². The molecule has 2 N–H and O–H groups in total. The number of H-pyrrole nitrogens is 1. The van der Waals surface area contributed by atoms with Gasteiger partial charge in [-0.15, -0.1) is 11.3 Å². The molecule has 8 nitrogen and oxygen atoms in total. The van der Waals surface area contributed by atoms with Gasteiger partial charge >= 0.3 is 5.97 Å². The summed E-state index contributed by atoms with van der Waals surface area (Å²) in [4.78, 5) is 34.5. The van der Waals surface area contributed by atoms with Gasteiger partial charge in [0.2, 0.25) is 0 Å². The molecule has 26 heavy (non-hydrogen) atoms. The van der Waals surface area contributed by atoms with Gasteiger partial charge in [-0.3, -0.25) is 9.69 Å². The molecule has 0 aliphatic rings. The van der Waals surface area contributed by atoms with Crippen LogP contribution >= 0.6 is 11.3 Å². The number of hydrogen-bond donors (Lipinski definition) is 2. The highest BCUT2D eigenvalue weighted by Crippen LogP contribution is 2.27. The molecule has 2 aromatic heterocycles. The van der Waals surface area contributed by atoms with Gasteiger partial charge < -0.3 is 19.6 Å². The number of carbonyl (C=O) groups is 1. The van der Waals surface area contributed by atoms with E-state index in [1.807, 2.05) is 4.90 Å². The second-order valence-corrected chi connectivity index (χ2v) is 7.17. The third-order valence-electron chi connectivity index (χ3n) is 3.94. The number of fused-ring (bicyclic) bond motifs is 1. The van der Waals surface area contributed by atoms with E-state index < -0.39 is 12.1 Å². The van der Waals surface area contributed by atoms with Gasteiger partial charge in [0.15, 0.2) is 0 Å². The quantitative estimate of drug-likeness (QED) is 0.497. The summed E-state index contributed by atoms with van der Waals surface area (Å²) >= 11 is 1.15. The maximum atomic E-state index is 12.5. The number of aromatic nitrogens is 2. The van der Waals surface area contributed by atoms with Gasteiger partial charge in [0.05, 0.1) is 25.1 Å². The van der Waals surface area contributed by atoms with Crippen LogP contribution in [0.5, 0.6) is 0 Å². The predicted octanol–water partition coefficient (Wildman–Crippen LogP) is 1.30. The minimum atomic E-state index is -0.497. The number of aromatic amines is 1. The molecule has 2 aromatic rings. The van der Waals surface area contributed by atoms with E-state index in [0.717, 1.165) is 17.8 Å². The summed E-state index contributed by atoms with van der Waals surface area (Å²) < 4.78 is 9.83. The second kappa shape index (κ2) is 9.22. The Morgan fingerprint density at radius 2 is 2.15 bits per heavy atom. The number of aryl methyl sites for hydroxylation is 1. The van der Waals surface area contributed by atoms with Crippen LogP contribution in [0.2, 0.25) is 0 Å². The number of nitrogens with one attached hydrogen (secondary N) is 1. The average molecular weight is 383 g/mol. The lowest BCUT2D eigenvalue weighted by Crippen LogP contribution is -2.33. The molecule has 9 heteroatoms. The van der Waals surface area contributed by atoms with Gasteiger partial charge in [0, 0.05) is 26.8 Å². The molecule has 0 radical (unpaired) electrons. The lowest BCUT2D eigenvalue weighted by Gasteiger charge is -2.23. The normalized spacial score (nSPS) is 12.7. The minimum Gasteiger partial charge on any atom is -0.465 e. The van der Waals surface area contributed by atoms with Crippen molar-refractivity contribution in [2.75, 3.05) is 33.9 Å². The summed E-state index contributed by atoms with van der Waals surface area (Å²) in [5.41, 5.74) is 0.306. The minimum absolute atomic E-state index is 0.275. The highest BCUT2D eigenvalue weighted by atomic mass is 32.1. The number of aliphatic hydroxyl groups is 1. The van der Waals surface area contributed by atoms with Crippen molar-refractivity contribution in [3.05, 3.63) is 26.6 Å². The van der Waals surface area contributed by atoms with Crippen molar-refractivity contribution in [2.24, 2.45) is 0 Å². The Morgan fingerprint density at radius 3 is 2.77 bits per heavy atom. The molecule has 2 heterocycles. The van der Waals surface area contributed by atoms with E-state index in [1.165, 1.54) is 7.11 Å². The molecule has 0 spiro atoms. The van der Waals surface area contributed by atoms with E-state index in [0.29, 0.717) is 52.7 Å². The number of rotatable bonds is 9. The Hall–Kier alpha value is -1.81. The number of esters is 1. The second-order valence-electron chi connectivity index (χ2n) is 6.17. The van der Waals surface area contributed by atoms with Crippen molar-refractivity contribution < 1.29 is 19.4 Å². The molecule has 2 rings (SSSR count). The first-order valence-electron chi connectivity index (χ1n) is 8.37. The molecule has 0 aliphatic carbocycles. The van der Waals surface area contributed by atoms with Crippen molar-refractivity contribution >= 4 is 27.5 Å². The van der Waals surface area contributed by atoms with E-state index in [1.54, 1.807) is 21.0 Å². The van der Waals surface area contributed by atoms with Gasteiger partial charge in [-0.2, -0.15) is 0 Å². The van der Waals surface area contributed by atoms with E-state index >= 15 is 0 Å². The SMILES string of the molecule is COCCCN(Cc1nc2sc(C(=O)OC)c(C)c2c(=O)[nH]1)CC(C)O. The van der Waals surface area contributed by atoms with Crippen LogP contribution in [0.15, 0.2) is 4.79 Å². The monoisotopic (exact) mass is 383 g/mol. The summed E-state index contributed by atoms with van der Waals surface area (Å²) in [7, 11) is 2.95. The first-order valence-corrected chi connectivity index (χ1v) is 9.19. The fraction of sp³-hybridized carbons (Fsp3) is 0.588. The molecule has 1 atom stereocenters. The third kappa shape index (κ3) is 4.88. The lowest BCUT2D eigenvalue weighted by molar-refractivity contribution is 0.0605. The van der Waals surface area contributed by atoms with E-state index in [-0.39, 0.29) is 5.56 Å². The fourth-order valence-corrected chi connectivity index (χ4v) is 3.92. The molecule has 0 fully saturated rings. The largest absolute Gasteiger partial charge is 0.465 e. The summed E-state index contributed by atoms with van der Waals surface area (Å²) in [6, 6.07) is 0. The number of methoxy groups -OCH3 is 2. The number of thiophene rings is 1.